The SMILES string of the molecule is C[C@H]1CCCC[C@]12NC(=O)N(CCOc1ccc(Cl)cc1)C2=O. The van der Waals surface area contributed by atoms with Crippen LogP contribution in [0, 0.1) is 5.92 Å². The molecule has 1 saturated carbocycles. The largest absolute Gasteiger partial charge is 0.492 e. The number of ether oxygens (including phenoxy) is 1. The van der Waals surface area contributed by atoms with Crippen molar-refractivity contribution in [3.63, 3.8) is 0 Å². The van der Waals surface area contributed by atoms with Crippen LogP contribution in [0.1, 0.15) is 32.6 Å². The summed E-state index contributed by atoms with van der Waals surface area (Å²) in [6.45, 7) is 2.57. The Kier molecular flexibility index (Phi) is 4.48. The molecule has 1 heterocycles. The Balaban J connectivity index is 1.61. The van der Waals surface area contributed by atoms with E-state index in [1.165, 1.54) is 4.90 Å². The van der Waals surface area contributed by atoms with Crippen LogP contribution in [0.15, 0.2) is 24.3 Å². The predicted molar refractivity (Wildman–Crippen MR) is 87.6 cm³/mol. The Labute approximate surface area is 140 Å². The smallest absolute Gasteiger partial charge is 0.325 e. The van der Waals surface area contributed by atoms with Gasteiger partial charge < -0.3 is 10.1 Å². The summed E-state index contributed by atoms with van der Waals surface area (Å²) < 4.78 is 5.59. The number of urea groups is 1. The maximum absolute atomic E-state index is 12.8. The molecule has 1 aromatic carbocycles. The topological polar surface area (TPSA) is 58.6 Å². The van der Waals surface area contributed by atoms with Crippen LogP contribution in [-0.2, 0) is 4.79 Å². The fraction of sp³-hybridized carbons (Fsp3) is 0.529. The van der Waals surface area contributed by atoms with Crippen molar-refractivity contribution in [1.82, 2.24) is 10.2 Å². The van der Waals surface area contributed by atoms with E-state index in [0.29, 0.717) is 10.8 Å². The number of carbonyl (C=O) groups excluding carboxylic acids is 2. The van der Waals surface area contributed by atoms with Crippen LogP contribution in [0.3, 0.4) is 0 Å². The summed E-state index contributed by atoms with van der Waals surface area (Å²) in [7, 11) is 0. The number of nitrogens with one attached hydrogen (secondary N) is 1. The lowest BCUT2D eigenvalue weighted by Gasteiger charge is -2.36. The number of imide groups is 1. The molecule has 3 rings (SSSR count). The van der Waals surface area contributed by atoms with E-state index in [-0.39, 0.29) is 31.0 Å². The van der Waals surface area contributed by atoms with Crippen molar-refractivity contribution in [2.75, 3.05) is 13.2 Å². The van der Waals surface area contributed by atoms with Gasteiger partial charge in [0, 0.05) is 5.02 Å². The Morgan fingerprint density at radius 2 is 2.04 bits per heavy atom. The maximum Gasteiger partial charge on any atom is 0.325 e. The highest BCUT2D eigenvalue weighted by Crippen LogP contribution is 2.38. The van der Waals surface area contributed by atoms with Crippen molar-refractivity contribution in [3.05, 3.63) is 29.3 Å². The molecule has 1 aromatic rings. The van der Waals surface area contributed by atoms with E-state index >= 15 is 0 Å². The normalized spacial score (nSPS) is 27.4. The third-order valence-corrected chi connectivity index (χ3v) is 5.15. The van der Waals surface area contributed by atoms with E-state index in [9.17, 15) is 9.59 Å². The number of carbonyl (C=O) groups is 2. The van der Waals surface area contributed by atoms with Gasteiger partial charge in [-0.3, -0.25) is 9.69 Å². The molecule has 6 heteroatoms. The highest BCUT2D eigenvalue weighted by Gasteiger charge is 2.54. The van der Waals surface area contributed by atoms with Crippen molar-refractivity contribution in [1.29, 1.82) is 0 Å². The molecular weight excluding hydrogens is 316 g/mol. The Morgan fingerprint density at radius 3 is 2.74 bits per heavy atom. The quantitative estimate of drug-likeness (QED) is 0.859. The molecule has 5 nitrogen and oxygen atoms in total. The third-order valence-electron chi connectivity index (χ3n) is 4.90. The summed E-state index contributed by atoms with van der Waals surface area (Å²) in [4.78, 5) is 26.3. The molecular formula is C17H21ClN2O3. The Hall–Kier alpha value is -1.75. The van der Waals surface area contributed by atoms with Gasteiger partial charge in [0.2, 0.25) is 0 Å². The minimum atomic E-state index is -0.699. The zero-order valence-corrected chi connectivity index (χ0v) is 13.9. The summed E-state index contributed by atoms with van der Waals surface area (Å²) in [6.07, 6.45) is 3.80. The molecule has 1 aliphatic heterocycles. The molecule has 0 aromatic heterocycles. The van der Waals surface area contributed by atoms with Gasteiger partial charge in [0.15, 0.2) is 0 Å². The first-order valence-electron chi connectivity index (χ1n) is 8.05. The second-order valence-electron chi connectivity index (χ2n) is 6.31. The number of nitrogens with zero attached hydrogens (tertiary/aromatic N) is 1. The first kappa shape index (κ1) is 16.1. The van der Waals surface area contributed by atoms with Crippen LogP contribution in [0.2, 0.25) is 5.02 Å². The highest BCUT2D eigenvalue weighted by molar-refractivity contribution is 6.30. The van der Waals surface area contributed by atoms with Crippen molar-refractivity contribution < 1.29 is 14.3 Å². The maximum atomic E-state index is 12.8. The number of benzene rings is 1. The average molecular weight is 337 g/mol. The minimum Gasteiger partial charge on any atom is -0.492 e. The molecule has 2 atom stereocenters. The van der Waals surface area contributed by atoms with Crippen LogP contribution >= 0.6 is 11.6 Å². The molecule has 2 fully saturated rings. The summed E-state index contributed by atoms with van der Waals surface area (Å²) in [5.74, 6) is 0.742. The number of hydrogen-bond acceptors (Lipinski definition) is 3. The number of rotatable bonds is 4. The lowest BCUT2D eigenvalue weighted by atomic mass is 9.73. The van der Waals surface area contributed by atoms with Gasteiger partial charge in [-0.05, 0) is 43.0 Å². The van der Waals surface area contributed by atoms with Gasteiger partial charge >= 0.3 is 6.03 Å². The van der Waals surface area contributed by atoms with Crippen molar-refractivity contribution in [2.24, 2.45) is 5.92 Å². The number of halogens is 1. The van der Waals surface area contributed by atoms with Crippen LogP contribution < -0.4 is 10.1 Å². The number of hydrogen-bond donors (Lipinski definition) is 1. The van der Waals surface area contributed by atoms with Gasteiger partial charge in [0.25, 0.3) is 5.91 Å². The molecule has 0 bridgehead atoms. The van der Waals surface area contributed by atoms with Gasteiger partial charge in [-0.25, -0.2) is 4.79 Å². The number of amides is 3. The van der Waals surface area contributed by atoms with Gasteiger partial charge in [-0.1, -0.05) is 31.4 Å². The Morgan fingerprint density at radius 1 is 1.30 bits per heavy atom. The van der Waals surface area contributed by atoms with Crippen LogP contribution in [0.4, 0.5) is 4.79 Å². The molecule has 1 N–H and O–H groups in total. The molecule has 23 heavy (non-hydrogen) atoms. The lowest BCUT2D eigenvalue weighted by molar-refractivity contribution is -0.134. The van der Waals surface area contributed by atoms with E-state index in [4.69, 9.17) is 16.3 Å². The van der Waals surface area contributed by atoms with Crippen LogP contribution in [0.5, 0.6) is 5.75 Å². The lowest BCUT2D eigenvalue weighted by Crippen LogP contribution is -2.54. The molecule has 0 radical (unpaired) electrons. The molecule has 124 valence electrons. The zero-order chi connectivity index (χ0) is 16.4. The van der Waals surface area contributed by atoms with Crippen molar-refractivity contribution in [2.45, 2.75) is 38.1 Å². The first-order chi connectivity index (χ1) is 11.0. The van der Waals surface area contributed by atoms with E-state index in [1.807, 2.05) is 6.92 Å². The van der Waals surface area contributed by atoms with Gasteiger partial charge in [0.1, 0.15) is 17.9 Å². The summed E-state index contributed by atoms with van der Waals surface area (Å²) in [5.41, 5.74) is -0.699. The average Bonchev–Trinajstić information content (AvgIpc) is 2.77. The highest BCUT2D eigenvalue weighted by atomic mass is 35.5. The monoisotopic (exact) mass is 336 g/mol. The fourth-order valence-corrected chi connectivity index (χ4v) is 3.61. The molecule has 3 amide bonds. The molecule has 1 spiro atoms. The second-order valence-corrected chi connectivity index (χ2v) is 6.74. The first-order valence-corrected chi connectivity index (χ1v) is 8.43. The van der Waals surface area contributed by atoms with Crippen molar-refractivity contribution in [3.8, 4) is 5.75 Å². The molecule has 0 unspecified atom stereocenters. The molecule has 1 saturated heterocycles. The Bertz CT molecular complexity index is 604. The summed E-state index contributed by atoms with van der Waals surface area (Å²) in [6, 6.07) is 6.70. The summed E-state index contributed by atoms with van der Waals surface area (Å²) in [5, 5.41) is 3.58. The van der Waals surface area contributed by atoms with Gasteiger partial charge in [0.05, 0.1) is 6.54 Å². The third kappa shape index (κ3) is 3.02. The predicted octanol–water partition coefficient (Wildman–Crippen LogP) is 3.22. The fourth-order valence-electron chi connectivity index (χ4n) is 3.48. The van der Waals surface area contributed by atoms with E-state index in [1.54, 1.807) is 24.3 Å². The zero-order valence-electron chi connectivity index (χ0n) is 13.2. The summed E-state index contributed by atoms with van der Waals surface area (Å²) >= 11 is 5.82. The van der Waals surface area contributed by atoms with E-state index < -0.39 is 5.54 Å². The van der Waals surface area contributed by atoms with E-state index in [2.05, 4.69) is 5.32 Å². The van der Waals surface area contributed by atoms with E-state index in [0.717, 1.165) is 25.7 Å². The van der Waals surface area contributed by atoms with Crippen LogP contribution in [-0.4, -0.2) is 35.5 Å². The second kappa shape index (κ2) is 6.40. The van der Waals surface area contributed by atoms with Crippen molar-refractivity contribution >= 4 is 23.5 Å². The minimum absolute atomic E-state index is 0.102. The standard InChI is InChI=1S/C17H21ClN2O3/c1-12-4-2-3-9-17(12)15(21)20(16(22)19-17)10-11-23-14-7-5-13(18)6-8-14/h5-8,12H,2-4,9-11H2,1H3,(H,19,22)/t12-,17-/m0/s1. The van der Waals surface area contributed by atoms with Crippen LogP contribution in [0.25, 0.3) is 0 Å². The molecule has 2 aliphatic rings. The van der Waals surface area contributed by atoms with Gasteiger partial charge in [-0.15, -0.1) is 0 Å². The van der Waals surface area contributed by atoms with Gasteiger partial charge in [-0.2, -0.15) is 0 Å². The molecule has 1 aliphatic carbocycles.